The molecule has 1 N–H and O–H groups in total. The molecule has 2 aromatic carbocycles. The van der Waals surface area contributed by atoms with Gasteiger partial charge in [-0.25, -0.2) is 9.18 Å². The Kier molecular flexibility index (Phi) is 8.32. The summed E-state index contributed by atoms with van der Waals surface area (Å²) in [5, 5.41) is 18.5. The van der Waals surface area contributed by atoms with Crippen LogP contribution in [0.2, 0.25) is 0 Å². The SMILES string of the molecule is CC(F)=C(/C=C\C(C)c1ccccc1S(C)=O)NC(=O)N=Nc1cccc(C#N)c1. The summed E-state index contributed by atoms with van der Waals surface area (Å²) < 4.78 is 25.8. The summed E-state index contributed by atoms with van der Waals surface area (Å²) in [5.41, 5.74) is 1.53. The van der Waals surface area contributed by atoms with Crippen LogP contribution < -0.4 is 5.32 Å². The van der Waals surface area contributed by atoms with Crippen molar-refractivity contribution < 1.29 is 13.4 Å². The van der Waals surface area contributed by atoms with E-state index in [9.17, 15) is 13.4 Å². The zero-order valence-corrected chi connectivity index (χ0v) is 17.6. The number of allylic oxidation sites excluding steroid dienone is 3. The van der Waals surface area contributed by atoms with E-state index >= 15 is 0 Å². The number of azo groups is 1. The van der Waals surface area contributed by atoms with Crippen molar-refractivity contribution in [2.45, 2.75) is 24.7 Å². The van der Waals surface area contributed by atoms with E-state index in [0.29, 0.717) is 16.1 Å². The Bertz CT molecular complexity index is 1080. The van der Waals surface area contributed by atoms with E-state index in [1.165, 1.54) is 19.1 Å². The molecule has 0 aliphatic rings. The first-order chi connectivity index (χ1) is 14.3. The first kappa shape index (κ1) is 22.8. The highest BCUT2D eigenvalue weighted by atomic mass is 32.2. The highest BCUT2D eigenvalue weighted by molar-refractivity contribution is 7.84. The number of nitrogens with zero attached hydrogens (tertiary/aromatic N) is 3. The molecule has 0 saturated heterocycles. The highest BCUT2D eigenvalue weighted by Gasteiger charge is 2.11. The van der Waals surface area contributed by atoms with Gasteiger partial charge in [0.15, 0.2) is 0 Å². The Labute approximate surface area is 177 Å². The molecular weight excluding hydrogens is 403 g/mol. The number of rotatable bonds is 6. The van der Waals surface area contributed by atoms with Gasteiger partial charge in [-0.1, -0.05) is 42.4 Å². The fraction of sp³-hybridized carbons (Fsp3) is 0.182. The Morgan fingerprint density at radius 1 is 1.27 bits per heavy atom. The van der Waals surface area contributed by atoms with Crippen molar-refractivity contribution in [2.24, 2.45) is 10.2 Å². The molecule has 154 valence electrons. The molecule has 2 aromatic rings. The molecule has 0 bridgehead atoms. The third kappa shape index (κ3) is 6.57. The molecule has 30 heavy (non-hydrogen) atoms. The monoisotopic (exact) mass is 424 g/mol. The van der Waals surface area contributed by atoms with Crippen molar-refractivity contribution in [3.05, 3.63) is 83.3 Å². The van der Waals surface area contributed by atoms with E-state index in [1.807, 2.05) is 31.2 Å². The average Bonchev–Trinajstić information content (AvgIpc) is 2.74. The molecule has 0 aliphatic carbocycles. The van der Waals surface area contributed by atoms with Gasteiger partial charge < -0.3 is 5.32 Å². The molecule has 0 radical (unpaired) electrons. The number of nitriles is 1. The number of hydrogen-bond donors (Lipinski definition) is 1. The molecule has 0 aromatic heterocycles. The van der Waals surface area contributed by atoms with Crippen molar-refractivity contribution in [3.8, 4) is 6.07 Å². The van der Waals surface area contributed by atoms with Gasteiger partial charge in [0, 0.05) is 17.1 Å². The van der Waals surface area contributed by atoms with Gasteiger partial charge in [-0.2, -0.15) is 5.26 Å². The van der Waals surface area contributed by atoms with Crippen LogP contribution in [-0.4, -0.2) is 16.5 Å². The lowest BCUT2D eigenvalue weighted by Gasteiger charge is -2.12. The summed E-state index contributed by atoms with van der Waals surface area (Å²) in [5.74, 6) is -0.757. The number of carbonyl (C=O) groups excluding carboxylic acids is 1. The summed E-state index contributed by atoms with van der Waals surface area (Å²) in [6, 6.07) is 14.7. The van der Waals surface area contributed by atoms with Crippen LogP contribution >= 0.6 is 0 Å². The van der Waals surface area contributed by atoms with Crippen LogP contribution in [0.5, 0.6) is 0 Å². The first-order valence-electron chi connectivity index (χ1n) is 9.01. The Balaban J connectivity index is 2.12. The number of amides is 2. The predicted molar refractivity (Wildman–Crippen MR) is 114 cm³/mol. The lowest BCUT2D eigenvalue weighted by Crippen LogP contribution is -2.18. The van der Waals surface area contributed by atoms with E-state index in [2.05, 4.69) is 15.5 Å². The van der Waals surface area contributed by atoms with Crippen LogP contribution in [0.4, 0.5) is 14.9 Å². The minimum Gasteiger partial charge on any atom is -0.302 e. The molecule has 0 fully saturated rings. The van der Waals surface area contributed by atoms with Gasteiger partial charge in [0.05, 0.1) is 33.8 Å². The van der Waals surface area contributed by atoms with Crippen molar-refractivity contribution in [2.75, 3.05) is 6.26 Å². The number of urea groups is 1. The zero-order valence-electron chi connectivity index (χ0n) is 16.8. The molecular formula is C22H21FN4O2S. The number of hydrogen-bond acceptors (Lipinski definition) is 4. The summed E-state index contributed by atoms with van der Waals surface area (Å²) in [7, 11) is -1.15. The van der Waals surface area contributed by atoms with Crippen molar-refractivity contribution in [1.82, 2.24) is 5.32 Å². The quantitative estimate of drug-likeness (QED) is 0.479. The van der Waals surface area contributed by atoms with Gasteiger partial charge in [0.25, 0.3) is 0 Å². The third-order valence-corrected chi connectivity index (χ3v) is 5.11. The van der Waals surface area contributed by atoms with Crippen molar-refractivity contribution in [3.63, 3.8) is 0 Å². The van der Waals surface area contributed by atoms with Gasteiger partial charge >= 0.3 is 6.03 Å². The van der Waals surface area contributed by atoms with Crippen LogP contribution in [0.15, 0.2) is 87.3 Å². The summed E-state index contributed by atoms with van der Waals surface area (Å²) in [6.07, 6.45) is 4.75. The van der Waals surface area contributed by atoms with Gasteiger partial charge in [-0.05, 0) is 42.8 Å². The Morgan fingerprint density at radius 2 is 2.00 bits per heavy atom. The third-order valence-electron chi connectivity index (χ3n) is 4.12. The van der Waals surface area contributed by atoms with Gasteiger partial charge in [-0.3, -0.25) is 4.21 Å². The topological polar surface area (TPSA) is 94.7 Å². The lowest BCUT2D eigenvalue weighted by atomic mass is 10.0. The summed E-state index contributed by atoms with van der Waals surface area (Å²) >= 11 is 0. The number of nitrogens with one attached hydrogen (secondary N) is 1. The Hall–Kier alpha value is -3.44. The van der Waals surface area contributed by atoms with Gasteiger partial charge in [0.1, 0.15) is 5.83 Å². The van der Waals surface area contributed by atoms with Crippen LogP contribution in [0, 0.1) is 11.3 Å². The zero-order chi connectivity index (χ0) is 22.1. The number of halogens is 1. The molecule has 0 heterocycles. The lowest BCUT2D eigenvalue weighted by molar-refractivity contribution is 0.250. The number of carbonyl (C=O) groups is 1. The molecule has 0 aliphatic heterocycles. The molecule has 8 heteroatoms. The molecule has 0 spiro atoms. The van der Waals surface area contributed by atoms with Crippen LogP contribution in [0.3, 0.4) is 0 Å². The summed E-state index contributed by atoms with van der Waals surface area (Å²) in [6.45, 7) is 3.10. The molecule has 2 amide bonds. The molecule has 2 unspecified atom stereocenters. The molecule has 6 nitrogen and oxygen atoms in total. The second-order valence-corrected chi connectivity index (χ2v) is 7.73. The largest absolute Gasteiger partial charge is 0.364 e. The predicted octanol–water partition coefficient (Wildman–Crippen LogP) is 5.65. The maximum Gasteiger partial charge on any atom is 0.364 e. The van der Waals surface area contributed by atoms with E-state index in [0.717, 1.165) is 5.56 Å². The second-order valence-electron chi connectivity index (χ2n) is 6.38. The van der Waals surface area contributed by atoms with Crippen LogP contribution in [0.25, 0.3) is 0 Å². The average molecular weight is 425 g/mol. The fourth-order valence-electron chi connectivity index (χ4n) is 2.59. The standard InChI is InChI=1S/C22H21FN4O2S/c1-15(19-9-4-5-10-21(19)30(3)29)11-12-20(16(2)23)25-22(28)27-26-18-8-6-7-17(13-18)14-24/h4-13,15H,1-3H3,(H,25,28)/b12-11-,20-16?,27-26?. The normalized spacial score (nSPS) is 14.2. The fourth-order valence-corrected chi connectivity index (χ4v) is 3.44. The smallest absolute Gasteiger partial charge is 0.302 e. The van der Waals surface area contributed by atoms with Crippen molar-refractivity contribution >= 4 is 22.5 Å². The van der Waals surface area contributed by atoms with E-state index in [-0.39, 0.29) is 11.6 Å². The van der Waals surface area contributed by atoms with Crippen LogP contribution in [0.1, 0.15) is 30.9 Å². The van der Waals surface area contributed by atoms with Gasteiger partial charge in [-0.15, -0.1) is 5.11 Å². The minimum absolute atomic E-state index is 0.0494. The molecule has 2 rings (SSSR count). The Morgan fingerprint density at radius 3 is 2.67 bits per heavy atom. The minimum atomic E-state index is -1.15. The van der Waals surface area contributed by atoms with Crippen LogP contribution in [-0.2, 0) is 10.8 Å². The highest BCUT2D eigenvalue weighted by Crippen LogP contribution is 2.24. The first-order valence-corrected chi connectivity index (χ1v) is 10.6. The maximum absolute atomic E-state index is 13.9. The summed E-state index contributed by atoms with van der Waals surface area (Å²) in [4.78, 5) is 12.7. The van der Waals surface area contributed by atoms with E-state index < -0.39 is 22.7 Å². The maximum atomic E-state index is 13.9. The van der Waals surface area contributed by atoms with Crippen molar-refractivity contribution in [1.29, 1.82) is 5.26 Å². The molecule has 0 saturated carbocycles. The van der Waals surface area contributed by atoms with E-state index in [4.69, 9.17) is 5.26 Å². The van der Waals surface area contributed by atoms with Gasteiger partial charge in [0.2, 0.25) is 0 Å². The second kappa shape index (κ2) is 10.9. The number of benzene rings is 2. The molecule has 2 atom stereocenters. The van der Waals surface area contributed by atoms with E-state index in [1.54, 1.807) is 36.6 Å².